The third-order valence-electron chi connectivity index (χ3n) is 10.7. The first-order valence-electron chi connectivity index (χ1n) is 22.9. The number of hydrogen-bond donors (Lipinski definition) is 0. The maximum Gasteiger partial charge on any atom is 0.120 e. The second-order valence-electron chi connectivity index (χ2n) is 16.5. The van der Waals surface area contributed by atoms with Crippen LogP contribution in [-0.4, -0.2) is 27.8 Å². The Bertz CT molecular complexity index is 3030. The number of benzene rings is 6. The molecule has 9 aromatic rings. The zero-order valence-electron chi connectivity index (χ0n) is 40.4. The van der Waals surface area contributed by atoms with Gasteiger partial charge in [0, 0.05) is 35.3 Å². The largest absolute Gasteiger partial charge is 0.501 e. The molecule has 3 aromatic heterocycles. The van der Waals surface area contributed by atoms with E-state index in [2.05, 4.69) is 115 Å². The van der Waals surface area contributed by atoms with E-state index >= 15 is 0 Å². The fourth-order valence-electron chi connectivity index (χ4n) is 7.55. The molecule has 0 saturated heterocycles. The maximum absolute atomic E-state index is 8.30. The van der Waals surface area contributed by atoms with E-state index in [4.69, 9.17) is 17.6 Å². The Hall–Kier alpha value is -5.07. The number of furan rings is 1. The van der Waals surface area contributed by atoms with Gasteiger partial charge in [0.1, 0.15) is 5.58 Å². The molecule has 1 radical (unpaired) electrons. The molecule has 0 fully saturated rings. The van der Waals surface area contributed by atoms with Crippen LogP contribution in [0.25, 0.3) is 72.4 Å². The van der Waals surface area contributed by atoms with Crippen LogP contribution < -0.4 is 4.40 Å². The monoisotopic (exact) mass is 1020 g/mol. The molecule has 59 heavy (non-hydrogen) atoms. The van der Waals surface area contributed by atoms with E-state index in [1.807, 2.05) is 60.8 Å². The van der Waals surface area contributed by atoms with E-state index in [0.717, 1.165) is 33.4 Å². The molecule has 0 atom stereocenters. The van der Waals surface area contributed by atoms with Crippen LogP contribution in [0.4, 0.5) is 0 Å². The standard InChI is InChI=1S/C38H33N2O.C15H18GeN.Ir/c1-23(2)30-21-27(26-13-7-6-8-14-26)22-31(24(3)4)36(30)40-33-17-11-10-16-32(33)39-38(40)29-20-19-25(5)35-28-15-9-12-18-34(28)41-37(29)35;1-12-5-7-13(8-6-12)15-10-9-14(11-17-15)16(2,3)4;/h6-19,21-24H,1-5H3;5-7,9-11H,1-4H3;/q2*-1;/i5D3;1D3;. The van der Waals surface area contributed by atoms with Crippen molar-refractivity contribution in [2.45, 2.75) is 70.5 Å². The normalized spacial score (nSPS) is 13.6. The average Bonchev–Trinajstić information content (AvgIpc) is 3.84. The van der Waals surface area contributed by atoms with Crippen LogP contribution in [0.15, 0.2) is 138 Å². The topological polar surface area (TPSA) is 43.9 Å². The van der Waals surface area contributed by atoms with Gasteiger partial charge in [-0.15, -0.1) is 17.7 Å². The zero-order chi connectivity index (χ0) is 45.7. The van der Waals surface area contributed by atoms with Crippen molar-refractivity contribution in [2.75, 3.05) is 0 Å². The fraction of sp³-hybridized carbons (Fsp3) is 0.208. The molecular weight excluding hydrogens is 959 g/mol. The molecule has 299 valence electrons. The Balaban J connectivity index is 0.000000253. The Kier molecular flexibility index (Phi) is 10.2. The van der Waals surface area contributed by atoms with Crippen LogP contribution in [0.3, 0.4) is 0 Å². The molecule has 6 aromatic carbocycles. The van der Waals surface area contributed by atoms with Crippen LogP contribution in [0.1, 0.15) is 70.0 Å². The van der Waals surface area contributed by atoms with Gasteiger partial charge < -0.3 is 8.98 Å². The van der Waals surface area contributed by atoms with E-state index in [9.17, 15) is 0 Å². The van der Waals surface area contributed by atoms with Crippen molar-refractivity contribution >= 4 is 50.6 Å². The van der Waals surface area contributed by atoms with Crippen molar-refractivity contribution in [3.8, 4) is 39.5 Å². The number of imidazole rings is 1. The average molecular weight is 1020 g/mol. The molecule has 0 aliphatic rings. The van der Waals surface area contributed by atoms with Crippen LogP contribution >= 0.6 is 0 Å². The first kappa shape index (κ1) is 34.8. The first-order valence-corrected chi connectivity index (χ1v) is 27.2. The predicted octanol–water partition coefficient (Wildman–Crippen LogP) is 14.0. The van der Waals surface area contributed by atoms with Crippen molar-refractivity contribution in [1.29, 1.82) is 0 Å². The molecule has 0 aliphatic heterocycles. The maximum atomic E-state index is 8.30. The van der Waals surface area contributed by atoms with Gasteiger partial charge in [0.15, 0.2) is 0 Å². The molecule has 0 amide bonds. The number of nitrogens with zero attached hydrogens (tertiary/aromatic N) is 3. The summed E-state index contributed by atoms with van der Waals surface area (Å²) in [5, 5.41) is 1.35. The van der Waals surface area contributed by atoms with Crippen molar-refractivity contribution < 1.29 is 32.7 Å². The summed E-state index contributed by atoms with van der Waals surface area (Å²) in [6, 6.07) is 47.8. The van der Waals surface area contributed by atoms with Gasteiger partial charge in [0.05, 0.1) is 22.4 Å². The minimum Gasteiger partial charge on any atom is -0.501 e. The van der Waals surface area contributed by atoms with Crippen molar-refractivity contribution in [3.63, 3.8) is 0 Å². The predicted molar refractivity (Wildman–Crippen MR) is 247 cm³/mol. The van der Waals surface area contributed by atoms with Gasteiger partial charge in [-0.2, -0.15) is 0 Å². The summed E-state index contributed by atoms with van der Waals surface area (Å²) in [4.78, 5) is 9.67. The summed E-state index contributed by atoms with van der Waals surface area (Å²) in [5.41, 5.74) is 11.6. The van der Waals surface area contributed by atoms with Crippen molar-refractivity contribution in [3.05, 3.63) is 168 Å². The molecule has 0 aliphatic carbocycles. The smallest absolute Gasteiger partial charge is 0.120 e. The molecule has 0 bridgehead atoms. The zero-order valence-corrected chi connectivity index (χ0v) is 38.9. The summed E-state index contributed by atoms with van der Waals surface area (Å²) in [6.45, 7) is 4.50. The van der Waals surface area contributed by atoms with Gasteiger partial charge in [-0.25, -0.2) is 0 Å². The quantitative estimate of drug-likeness (QED) is 0.118. The molecule has 6 heteroatoms. The van der Waals surface area contributed by atoms with Crippen molar-refractivity contribution in [2.24, 2.45) is 0 Å². The SMILES string of the molecule is [2H]C([2H])([2H])c1c[c-]c(-c2cc[c]([Ge]([CH3])([CH3])[CH3])cn2)cc1.[2H]C([2H])([2H])c1c[c-]c(-c2nc3ccccc3n2-c2c(C(C)C)cc(-c3ccccc3)cc2C(C)C)c2oc3ccccc3c12.[Ir]. The van der Waals surface area contributed by atoms with Gasteiger partial charge in [0.25, 0.3) is 0 Å². The van der Waals surface area contributed by atoms with Crippen LogP contribution in [0.2, 0.25) is 17.3 Å². The Morgan fingerprint density at radius 1 is 0.729 bits per heavy atom. The number of pyridine rings is 1. The third kappa shape index (κ3) is 8.39. The van der Waals surface area contributed by atoms with Gasteiger partial charge in [-0.1, -0.05) is 106 Å². The first-order chi connectivity index (χ1) is 30.3. The summed E-state index contributed by atoms with van der Waals surface area (Å²) < 4.78 is 57.0. The van der Waals surface area contributed by atoms with E-state index in [-0.39, 0.29) is 37.5 Å². The molecule has 0 saturated carbocycles. The Labute approximate surface area is 373 Å². The van der Waals surface area contributed by atoms with Crippen LogP contribution in [0, 0.1) is 25.8 Å². The van der Waals surface area contributed by atoms with E-state index in [1.54, 1.807) is 18.2 Å². The van der Waals surface area contributed by atoms with E-state index < -0.39 is 27.0 Å². The van der Waals surface area contributed by atoms with Gasteiger partial charge in [-0.05, 0) is 64.4 Å². The number of rotatable bonds is 7. The van der Waals surface area contributed by atoms with Gasteiger partial charge >= 0.3 is 110 Å². The molecule has 9 rings (SSSR count). The number of aryl methyl sites for hydroxylation is 2. The summed E-state index contributed by atoms with van der Waals surface area (Å²) in [7, 11) is 0. The molecule has 3 heterocycles. The Morgan fingerprint density at radius 3 is 2.08 bits per heavy atom. The summed E-state index contributed by atoms with van der Waals surface area (Å²) >= 11 is -1.83. The minimum absolute atomic E-state index is 0. The number of para-hydroxylation sites is 3. The molecule has 0 spiro atoms. The second-order valence-corrected chi connectivity index (χ2v) is 27.1. The van der Waals surface area contributed by atoms with Gasteiger partial charge in [0.2, 0.25) is 0 Å². The number of fused-ring (bicyclic) bond motifs is 4. The molecular formula is C53H51GeIrN3O-2. The molecule has 0 N–H and O–H groups in total. The van der Waals surface area contributed by atoms with Crippen LogP contribution in [0.5, 0.6) is 0 Å². The summed E-state index contributed by atoms with van der Waals surface area (Å²) in [5.74, 6) is 8.08. The van der Waals surface area contributed by atoms with E-state index in [0.29, 0.717) is 33.5 Å². The van der Waals surface area contributed by atoms with E-state index in [1.165, 1.54) is 32.7 Å². The van der Waals surface area contributed by atoms with Crippen LogP contribution in [-0.2, 0) is 20.1 Å². The number of hydrogen-bond acceptors (Lipinski definition) is 3. The Morgan fingerprint density at radius 2 is 1.44 bits per heavy atom. The second kappa shape index (κ2) is 17.3. The minimum atomic E-state index is -2.33. The summed E-state index contributed by atoms with van der Waals surface area (Å²) in [6.07, 6.45) is 1.95. The number of aromatic nitrogens is 3. The van der Waals surface area contributed by atoms with Crippen molar-refractivity contribution in [1.82, 2.24) is 14.5 Å². The molecule has 4 nitrogen and oxygen atoms in total. The fourth-order valence-corrected chi connectivity index (χ4v) is 9.73. The third-order valence-corrected chi connectivity index (χ3v) is 15.0. The molecule has 0 unspecified atom stereocenters. The van der Waals surface area contributed by atoms with Gasteiger partial charge in [-0.3, -0.25) is 4.98 Å².